The number of fused-ring (bicyclic) bond motifs is 1. The highest BCUT2D eigenvalue weighted by Gasteiger charge is 2.39. The van der Waals surface area contributed by atoms with Gasteiger partial charge in [0.1, 0.15) is 29.8 Å². The maximum Gasteiger partial charge on any atom is 0.490 e. The van der Waals surface area contributed by atoms with Gasteiger partial charge in [-0.05, 0) is 55.7 Å². The molecule has 0 bridgehead atoms. The highest BCUT2D eigenvalue weighted by Crippen LogP contribution is 2.34. The third kappa shape index (κ3) is 14.0. The molecule has 2 aliphatic heterocycles. The molecule has 4 N–H and O–H groups in total. The molecule has 59 heavy (non-hydrogen) atoms. The molecule has 1 aromatic carbocycles. The van der Waals surface area contributed by atoms with Crippen molar-refractivity contribution in [2.75, 3.05) is 43.9 Å². The minimum Gasteiger partial charge on any atom is -0.489 e. The molecule has 0 radical (unpaired) electrons. The Labute approximate surface area is 339 Å². The summed E-state index contributed by atoms with van der Waals surface area (Å²) in [5, 5.41) is 21.4. The van der Waals surface area contributed by atoms with Crippen molar-refractivity contribution in [2.24, 2.45) is 5.92 Å². The van der Waals surface area contributed by atoms with E-state index in [4.69, 9.17) is 36.1 Å². The first-order chi connectivity index (χ1) is 27.8. The number of aliphatic carboxylic acids is 2. The number of carboxylic acids is 2. The smallest absolute Gasteiger partial charge is 0.489 e. The molecule has 1 saturated carbocycles. The number of piperidine rings is 1. The third-order valence-corrected chi connectivity index (χ3v) is 9.67. The molecule has 2 fully saturated rings. The fourth-order valence-corrected chi connectivity index (χ4v) is 6.52. The summed E-state index contributed by atoms with van der Waals surface area (Å²) in [5.74, 6) is -3.17. The van der Waals surface area contributed by atoms with E-state index < -0.39 is 24.3 Å². The predicted octanol–water partition coefficient (Wildman–Crippen LogP) is 7.00. The van der Waals surface area contributed by atoms with Crippen LogP contribution in [0.1, 0.15) is 56.2 Å². The Morgan fingerprint density at radius 1 is 0.949 bits per heavy atom. The van der Waals surface area contributed by atoms with E-state index in [2.05, 4.69) is 25.6 Å². The number of carbonyl (C=O) groups excluding carboxylic acids is 2. The van der Waals surface area contributed by atoms with Gasteiger partial charge in [0.15, 0.2) is 0 Å². The van der Waals surface area contributed by atoms with Gasteiger partial charge in [-0.2, -0.15) is 26.3 Å². The number of alkyl halides is 6. The van der Waals surface area contributed by atoms with Gasteiger partial charge in [0.2, 0.25) is 11.8 Å². The quantitative estimate of drug-likeness (QED) is 0.162. The van der Waals surface area contributed by atoms with Crippen molar-refractivity contribution in [1.82, 2.24) is 24.8 Å². The largest absolute Gasteiger partial charge is 0.490 e. The molecule has 14 nitrogen and oxygen atoms in total. The summed E-state index contributed by atoms with van der Waals surface area (Å²) < 4.78 is 69.7. The van der Waals surface area contributed by atoms with Crippen LogP contribution in [0, 0.1) is 5.92 Å². The lowest BCUT2D eigenvalue weighted by atomic mass is 10.0. The molecule has 4 heterocycles. The van der Waals surface area contributed by atoms with E-state index in [1.807, 2.05) is 54.4 Å². The third-order valence-electron chi connectivity index (χ3n) is 9.37. The molecule has 0 unspecified atom stereocenters. The first-order valence-electron chi connectivity index (χ1n) is 18.4. The number of carboxylic acid groups (broad SMARTS) is 2. The van der Waals surface area contributed by atoms with Crippen LogP contribution in [0.2, 0.25) is 5.02 Å². The van der Waals surface area contributed by atoms with Crippen LogP contribution >= 0.6 is 11.6 Å². The van der Waals surface area contributed by atoms with Gasteiger partial charge in [0.05, 0.1) is 10.6 Å². The van der Waals surface area contributed by atoms with Gasteiger partial charge in [0, 0.05) is 81.6 Å². The number of hydrogen-bond donors (Lipinski definition) is 4. The highest BCUT2D eigenvalue weighted by molar-refractivity contribution is 6.32. The Kier molecular flexibility index (Phi) is 16.3. The number of halogens is 7. The number of carbonyl (C=O) groups is 4. The summed E-state index contributed by atoms with van der Waals surface area (Å²) >= 11 is 6.68. The maximum atomic E-state index is 13.4. The van der Waals surface area contributed by atoms with Crippen LogP contribution in [0.15, 0.2) is 54.5 Å². The fraction of sp³-hybridized carbons (Fsp3) is 0.447. The number of nitrogens with zero attached hydrogens (tertiary/aromatic N) is 5. The van der Waals surface area contributed by atoms with Crippen LogP contribution in [-0.2, 0) is 25.6 Å². The summed E-state index contributed by atoms with van der Waals surface area (Å²) in [5.41, 5.74) is 3.08. The Hall–Kier alpha value is -5.66. The first kappa shape index (κ1) is 46.0. The molecule has 320 valence electrons. The lowest BCUT2D eigenvalue weighted by Crippen LogP contribution is -2.44. The number of likely N-dealkylation sites (N-methyl/N-ethyl adjacent to an activating group) is 1. The number of nitrogens with one attached hydrogen (secondary N) is 2. The van der Waals surface area contributed by atoms with Gasteiger partial charge in [-0.15, -0.1) is 0 Å². The summed E-state index contributed by atoms with van der Waals surface area (Å²) in [6, 6.07) is 11.4. The predicted molar refractivity (Wildman–Crippen MR) is 203 cm³/mol. The minimum absolute atomic E-state index is 0.0147. The summed E-state index contributed by atoms with van der Waals surface area (Å²) in [7, 11) is 1.82. The van der Waals surface area contributed by atoms with Gasteiger partial charge in [0.25, 0.3) is 0 Å². The van der Waals surface area contributed by atoms with Crippen molar-refractivity contribution >= 4 is 58.8 Å². The Morgan fingerprint density at radius 2 is 1.59 bits per heavy atom. The van der Waals surface area contributed by atoms with Gasteiger partial charge >= 0.3 is 24.3 Å². The molecule has 3 aromatic rings. The Morgan fingerprint density at radius 3 is 2.17 bits per heavy atom. The second-order valence-electron chi connectivity index (χ2n) is 13.6. The Balaban J connectivity index is 0.000000471. The molecule has 0 atom stereocenters. The van der Waals surface area contributed by atoms with Gasteiger partial charge in [-0.1, -0.05) is 30.5 Å². The summed E-state index contributed by atoms with van der Waals surface area (Å²) in [4.78, 5) is 61.0. The standard InChI is InChI=1S/C34H40ClN7O3.2C2HF3O2/c1-41(17-12-25-8-4-5-15-36-25)33(43)24-11-16-37-31-28(20-24)32(39-22-38-31)40-26-9-10-30(29(35)21-26)45-27-13-18-42(19-14-27)34(44)23-6-2-3-7-23;2*3-2(4,5)1(6)7/h4-5,8-10,15,20-23,27H,2-3,6-7,11-14,16-19H2,1H3,(H2,37,38,39,40);2*(H,6,7). The van der Waals surface area contributed by atoms with Crippen LogP contribution in [0.25, 0.3) is 6.08 Å². The highest BCUT2D eigenvalue weighted by atomic mass is 35.5. The zero-order chi connectivity index (χ0) is 43.3. The van der Waals surface area contributed by atoms with Crippen molar-refractivity contribution in [2.45, 2.75) is 69.8 Å². The number of hydrogen-bond acceptors (Lipinski definition) is 10. The maximum absolute atomic E-state index is 13.4. The minimum atomic E-state index is -5.08. The monoisotopic (exact) mass is 857 g/mol. The van der Waals surface area contributed by atoms with Gasteiger partial charge < -0.3 is 35.4 Å². The topological polar surface area (TPSA) is 187 Å². The summed E-state index contributed by atoms with van der Waals surface area (Å²) in [6.45, 7) is 2.60. The molecule has 1 aliphatic carbocycles. The zero-order valence-corrected chi connectivity index (χ0v) is 32.4. The molecule has 6 rings (SSSR count). The second kappa shape index (κ2) is 20.9. The lowest BCUT2D eigenvalue weighted by molar-refractivity contribution is -0.193. The van der Waals surface area contributed by atoms with Gasteiger partial charge in [-0.3, -0.25) is 14.6 Å². The number of pyridine rings is 1. The van der Waals surface area contributed by atoms with Crippen molar-refractivity contribution in [1.29, 1.82) is 0 Å². The molecular weight excluding hydrogens is 816 g/mol. The lowest BCUT2D eigenvalue weighted by Gasteiger charge is -2.33. The molecule has 1 saturated heterocycles. The van der Waals surface area contributed by atoms with Crippen LogP contribution in [-0.4, -0.2) is 110 Å². The van der Waals surface area contributed by atoms with Crippen molar-refractivity contribution in [3.05, 3.63) is 70.8 Å². The number of aromatic nitrogens is 3. The number of rotatable bonds is 9. The number of likely N-dealkylation sites (tertiary alicyclic amines) is 1. The van der Waals surface area contributed by atoms with Crippen LogP contribution in [0.4, 0.5) is 43.7 Å². The van der Waals surface area contributed by atoms with E-state index in [0.29, 0.717) is 65.4 Å². The van der Waals surface area contributed by atoms with Crippen molar-refractivity contribution in [3.8, 4) is 5.75 Å². The number of benzene rings is 1. The van der Waals surface area contributed by atoms with E-state index in [-0.39, 0.29) is 17.9 Å². The van der Waals surface area contributed by atoms with Crippen LogP contribution in [0.3, 0.4) is 0 Å². The van der Waals surface area contributed by atoms with E-state index in [1.54, 1.807) is 11.1 Å². The second-order valence-corrected chi connectivity index (χ2v) is 14.0. The molecule has 0 spiro atoms. The van der Waals surface area contributed by atoms with Crippen molar-refractivity contribution in [3.63, 3.8) is 0 Å². The van der Waals surface area contributed by atoms with Gasteiger partial charge in [-0.25, -0.2) is 19.6 Å². The molecule has 3 aliphatic rings. The average Bonchev–Trinajstić information content (AvgIpc) is 3.65. The SMILES string of the molecule is CN(CCc1ccccn1)C(=O)C1=Cc2c(ncnc2Nc2ccc(OC3CCN(C(=O)C4CCCC4)CC3)c(Cl)c2)NCC1.O=C(O)C(F)(F)F.O=C(O)C(F)(F)F. The number of ether oxygens (including phenoxy) is 1. The fourth-order valence-electron chi connectivity index (χ4n) is 6.29. The summed E-state index contributed by atoms with van der Waals surface area (Å²) in [6.07, 6.45) is 2.20. The zero-order valence-electron chi connectivity index (χ0n) is 31.7. The molecular formula is C38H42ClF6N7O7. The van der Waals surface area contributed by atoms with Crippen LogP contribution < -0.4 is 15.4 Å². The molecule has 2 aromatic heterocycles. The van der Waals surface area contributed by atoms with E-state index in [1.165, 1.54) is 19.2 Å². The average molecular weight is 858 g/mol. The molecule has 2 amide bonds. The van der Waals surface area contributed by atoms with E-state index in [9.17, 15) is 35.9 Å². The van der Waals surface area contributed by atoms with E-state index in [0.717, 1.165) is 50.2 Å². The van der Waals surface area contributed by atoms with Crippen LogP contribution in [0.5, 0.6) is 5.75 Å². The normalized spacial score (nSPS) is 15.7. The first-order valence-corrected chi connectivity index (χ1v) is 18.8. The van der Waals surface area contributed by atoms with Crippen molar-refractivity contribution < 1.29 is 60.5 Å². The molecule has 21 heteroatoms. The van der Waals surface area contributed by atoms with E-state index >= 15 is 0 Å². The number of anilines is 3. The number of amides is 2. The Bertz CT molecular complexity index is 1930.